The van der Waals surface area contributed by atoms with E-state index in [4.69, 9.17) is 10.00 Å². The van der Waals surface area contributed by atoms with Gasteiger partial charge in [0.05, 0.1) is 19.1 Å². The maximum absolute atomic E-state index is 8.82. The van der Waals surface area contributed by atoms with Gasteiger partial charge in [0, 0.05) is 12.6 Å². The minimum atomic E-state index is 0.0635. The number of benzene rings is 1. The van der Waals surface area contributed by atoms with E-state index in [0.717, 1.165) is 25.1 Å². The molecule has 0 aromatic heterocycles. The summed E-state index contributed by atoms with van der Waals surface area (Å²) in [4.78, 5) is 0. The molecule has 0 radical (unpaired) electrons. The van der Waals surface area contributed by atoms with E-state index in [1.165, 1.54) is 17.5 Å². The lowest BCUT2D eigenvalue weighted by Crippen LogP contribution is -2.28. The summed E-state index contributed by atoms with van der Waals surface area (Å²) in [6.07, 6.45) is 3.47. The molecular weight excluding hydrogens is 224 g/mol. The summed E-state index contributed by atoms with van der Waals surface area (Å²) in [6, 6.07) is 8.96. The van der Waals surface area contributed by atoms with Gasteiger partial charge in [-0.2, -0.15) is 5.26 Å². The lowest BCUT2D eigenvalue weighted by Gasteiger charge is -2.27. The minimum Gasteiger partial charge on any atom is -0.497 e. The molecule has 1 N–H and O–H groups in total. The van der Waals surface area contributed by atoms with Gasteiger partial charge in [0.1, 0.15) is 5.75 Å². The normalized spacial score (nSPS) is 19.7. The fourth-order valence-electron chi connectivity index (χ4n) is 2.49. The summed E-state index contributed by atoms with van der Waals surface area (Å²) in [5.74, 6) is 0.994. The number of hydrogen-bond donors (Lipinski definition) is 1. The molecule has 1 aromatic carbocycles. The van der Waals surface area contributed by atoms with Gasteiger partial charge in [-0.15, -0.1) is 0 Å². The van der Waals surface area contributed by atoms with Crippen LogP contribution in [0.4, 0.5) is 0 Å². The van der Waals surface area contributed by atoms with Crippen LogP contribution in [0, 0.1) is 17.2 Å². The fourth-order valence-corrected chi connectivity index (χ4v) is 2.49. The molecule has 1 aliphatic rings. The Hall–Kier alpha value is -1.53. The van der Waals surface area contributed by atoms with Crippen molar-refractivity contribution in [3.8, 4) is 11.8 Å². The molecule has 0 saturated heterocycles. The van der Waals surface area contributed by atoms with E-state index in [9.17, 15) is 0 Å². The van der Waals surface area contributed by atoms with Gasteiger partial charge in [-0.05, 0) is 49.4 Å². The van der Waals surface area contributed by atoms with E-state index >= 15 is 0 Å². The molecule has 1 aromatic rings. The number of ether oxygens (including phenoxy) is 1. The van der Waals surface area contributed by atoms with Crippen LogP contribution in [-0.2, 0) is 6.42 Å². The van der Waals surface area contributed by atoms with Crippen molar-refractivity contribution in [3.05, 3.63) is 29.3 Å². The monoisotopic (exact) mass is 244 g/mol. The van der Waals surface area contributed by atoms with Gasteiger partial charge >= 0.3 is 0 Å². The molecule has 18 heavy (non-hydrogen) atoms. The van der Waals surface area contributed by atoms with Crippen LogP contribution in [0.5, 0.6) is 5.75 Å². The summed E-state index contributed by atoms with van der Waals surface area (Å²) in [5, 5.41) is 12.3. The topological polar surface area (TPSA) is 45.0 Å². The molecule has 2 rings (SSSR count). The predicted molar refractivity (Wildman–Crippen MR) is 71.5 cm³/mol. The molecule has 1 aliphatic carbocycles. The summed E-state index contributed by atoms with van der Waals surface area (Å²) < 4.78 is 5.27. The molecule has 0 saturated carbocycles. The fraction of sp³-hybridized carbons (Fsp3) is 0.533. The van der Waals surface area contributed by atoms with E-state index in [2.05, 4.69) is 23.5 Å². The maximum atomic E-state index is 8.82. The number of hydrogen-bond acceptors (Lipinski definition) is 3. The van der Waals surface area contributed by atoms with Crippen molar-refractivity contribution in [2.45, 2.75) is 32.2 Å². The van der Waals surface area contributed by atoms with E-state index < -0.39 is 0 Å². The number of nitrogens with one attached hydrogen (secondary N) is 1. The van der Waals surface area contributed by atoms with Crippen molar-refractivity contribution >= 4 is 0 Å². The lowest BCUT2D eigenvalue weighted by atomic mass is 9.87. The van der Waals surface area contributed by atoms with Crippen molar-refractivity contribution in [1.82, 2.24) is 5.32 Å². The number of aryl methyl sites for hydroxylation is 1. The van der Waals surface area contributed by atoms with E-state index in [1.807, 2.05) is 13.0 Å². The van der Waals surface area contributed by atoms with Crippen LogP contribution in [0.15, 0.2) is 18.2 Å². The molecular formula is C15H20N2O. The van der Waals surface area contributed by atoms with Gasteiger partial charge in [-0.25, -0.2) is 0 Å². The second-order valence-corrected chi connectivity index (χ2v) is 4.95. The second kappa shape index (κ2) is 5.88. The Balaban J connectivity index is 2.11. The standard InChI is InChI=1S/C15H20N2O/c1-11(9-16)10-17-15-5-3-4-12-8-13(18-2)6-7-14(12)15/h6-8,11,15,17H,3-5,10H2,1-2H3. The number of fused-ring (bicyclic) bond motifs is 1. The van der Waals surface area contributed by atoms with Crippen molar-refractivity contribution in [2.75, 3.05) is 13.7 Å². The Morgan fingerprint density at radius 2 is 2.39 bits per heavy atom. The number of nitriles is 1. The van der Waals surface area contributed by atoms with Crippen LogP contribution in [0.3, 0.4) is 0 Å². The quantitative estimate of drug-likeness (QED) is 0.885. The molecule has 2 unspecified atom stereocenters. The Morgan fingerprint density at radius 3 is 3.11 bits per heavy atom. The molecule has 0 aliphatic heterocycles. The molecule has 96 valence electrons. The van der Waals surface area contributed by atoms with Crippen LogP contribution in [0.1, 0.15) is 36.9 Å². The summed E-state index contributed by atoms with van der Waals surface area (Å²) in [6.45, 7) is 2.71. The highest BCUT2D eigenvalue weighted by Gasteiger charge is 2.20. The second-order valence-electron chi connectivity index (χ2n) is 4.95. The maximum Gasteiger partial charge on any atom is 0.119 e. The molecule has 0 heterocycles. The minimum absolute atomic E-state index is 0.0635. The van der Waals surface area contributed by atoms with E-state index in [-0.39, 0.29) is 5.92 Å². The highest BCUT2D eigenvalue weighted by molar-refractivity contribution is 5.39. The zero-order valence-electron chi connectivity index (χ0n) is 11.1. The number of nitrogens with zero attached hydrogens (tertiary/aromatic N) is 1. The highest BCUT2D eigenvalue weighted by atomic mass is 16.5. The van der Waals surface area contributed by atoms with Gasteiger partial charge in [0.25, 0.3) is 0 Å². The summed E-state index contributed by atoms with van der Waals surface area (Å²) >= 11 is 0. The third-order valence-corrected chi connectivity index (χ3v) is 3.56. The molecule has 0 spiro atoms. The zero-order chi connectivity index (χ0) is 13.0. The van der Waals surface area contributed by atoms with Crippen LogP contribution >= 0.6 is 0 Å². The van der Waals surface area contributed by atoms with Crippen molar-refractivity contribution in [1.29, 1.82) is 5.26 Å². The average Bonchev–Trinajstić information content (AvgIpc) is 2.43. The largest absolute Gasteiger partial charge is 0.497 e. The van der Waals surface area contributed by atoms with Gasteiger partial charge in [0.2, 0.25) is 0 Å². The van der Waals surface area contributed by atoms with Crippen LogP contribution in [0.2, 0.25) is 0 Å². The first-order valence-corrected chi connectivity index (χ1v) is 6.54. The summed E-state index contributed by atoms with van der Waals surface area (Å²) in [7, 11) is 1.70. The summed E-state index contributed by atoms with van der Waals surface area (Å²) in [5.41, 5.74) is 2.75. The Kier molecular flexibility index (Phi) is 4.22. The van der Waals surface area contributed by atoms with Crippen molar-refractivity contribution in [2.24, 2.45) is 5.92 Å². The first kappa shape index (κ1) is 12.9. The SMILES string of the molecule is COc1ccc2c(c1)CCCC2NCC(C)C#N. The molecule has 0 amide bonds. The first-order chi connectivity index (χ1) is 8.74. The molecule has 3 heteroatoms. The highest BCUT2D eigenvalue weighted by Crippen LogP contribution is 2.32. The van der Waals surface area contributed by atoms with Crippen LogP contribution in [0.25, 0.3) is 0 Å². The smallest absolute Gasteiger partial charge is 0.119 e. The molecule has 0 bridgehead atoms. The van der Waals surface area contributed by atoms with Crippen molar-refractivity contribution in [3.63, 3.8) is 0 Å². The molecule has 0 fully saturated rings. The molecule has 3 nitrogen and oxygen atoms in total. The third kappa shape index (κ3) is 2.83. The Labute approximate surface area is 109 Å². The van der Waals surface area contributed by atoms with Gasteiger partial charge in [-0.1, -0.05) is 6.07 Å². The zero-order valence-corrected chi connectivity index (χ0v) is 11.1. The van der Waals surface area contributed by atoms with E-state index in [0.29, 0.717) is 6.04 Å². The van der Waals surface area contributed by atoms with E-state index in [1.54, 1.807) is 7.11 Å². The van der Waals surface area contributed by atoms with Crippen LogP contribution in [-0.4, -0.2) is 13.7 Å². The Morgan fingerprint density at radius 1 is 1.56 bits per heavy atom. The van der Waals surface area contributed by atoms with Gasteiger partial charge in [0.15, 0.2) is 0 Å². The lowest BCUT2D eigenvalue weighted by molar-refractivity contribution is 0.409. The third-order valence-electron chi connectivity index (χ3n) is 3.56. The first-order valence-electron chi connectivity index (χ1n) is 6.54. The predicted octanol–water partition coefficient (Wildman–Crippen LogP) is 2.82. The number of rotatable bonds is 4. The van der Waals surface area contributed by atoms with Crippen LogP contribution < -0.4 is 10.1 Å². The molecule has 2 atom stereocenters. The average molecular weight is 244 g/mol. The Bertz CT molecular complexity index is 450. The number of methoxy groups -OCH3 is 1. The van der Waals surface area contributed by atoms with Gasteiger partial charge in [-0.3, -0.25) is 0 Å². The van der Waals surface area contributed by atoms with Crippen molar-refractivity contribution < 1.29 is 4.74 Å². The van der Waals surface area contributed by atoms with Gasteiger partial charge < -0.3 is 10.1 Å².